The van der Waals surface area contributed by atoms with E-state index in [4.69, 9.17) is 5.26 Å². The Hall–Kier alpha value is -2.26. The van der Waals surface area contributed by atoms with E-state index >= 15 is 0 Å². The third-order valence-electron chi connectivity index (χ3n) is 2.83. The summed E-state index contributed by atoms with van der Waals surface area (Å²) in [5.74, 6) is -0.150. The molecule has 0 atom stereocenters. The molecular formula is C15H13BrN4O. The maximum atomic E-state index is 12.5. The lowest BCUT2D eigenvalue weighted by atomic mass is 10.2. The SMILES string of the molecule is N#CCCN(Cc1cccnc1)C(=O)c1cncc(Br)c1. The fourth-order valence-corrected chi connectivity index (χ4v) is 2.23. The summed E-state index contributed by atoms with van der Waals surface area (Å²) in [5, 5.41) is 8.76. The molecule has 0 spiro atoms. The Morgan fingerprint density at radius 1 is 1.33 bits per heavy atom. The van der Waals surface area contributed by atoms with Crippen molar-refractivity contribution in [2.75, 3.05) is 6.54 Å². The van der Waals surface area contributed by atoms with E-state index in [-0.39, 0.29) is 12.3 Å². The summed E-state index contributed by atoms with van der Waals surface area (Å²) >= 11 is 3.30. The average molecular weight is 345 g/mol. The molecule has 2 aromatic heterocycles. The van der Waals surface area contributed by atoms with E-state index in [2.05, 4.69) is 32.0 Å². The van der Waals surface area contributed by atoms with Gasteiger partial charge in [-0.2, -0.15) is 5.26 Å². The molecule has 0 aliphatic heterocycles. The molecule has 0 aliphatic carbocycles. The first-order chi connectivity index (χ1) is 10.2. The highest BCUT2D eigenvalue weighted by Crippen LogP contribution is 2.14. The van der Waals surface area contributed by atoms with Gasteiger partial charge in [0.05, 0.1) is 18.1 Å². The Kier molecular flexibility index (Phi) is 5.41. The second-order valence-electron chi connectivity index (χ2n) is 4.39. The van der Waals surface area contributed by atoms with Crippen molar-refractivity contribution in [2.45, 2.75) is 13.0 Å². The molecule has 5 nitrogen and oxygen atoms in total. The van der Waals surface area contributed by atoms with E-state index in [0.717, 1.165) is 10.0 Å². The molecule has 106 valence electrons. The Labute approximate surface area is 131 Å². The number of hydrogen-bond donors (Lipinski definition) is 0. The van der Waals surface area contributed by atoms with Crippen molar-refractivity contribution in [3.8, 4) is 6.07 Å². The van der Waals surface area contributed by atoms with Gasteiger partial charge in [-0.3, -0.25) is 14.8 Å². The van der Waals surface area contributed by atoms with Crippen LogP contribution < -0.4 is 0 Å². The number of pyridine rings is 2. The zero-order chi connectivity index (χ0) is 15.1. The average Bonchev–Trinajstić information content (AvgIpc) is 2.51. The summed E-state index contributed by atoms with van der Waals surface area (Å²) < 4.78 is 0.745. The number of hydrogen-bond acceptors (Lipinski definition) is 4. The monoisotopic (exact) mass is 344 g/mol. The van der Waals surface area contributed by atoms with Crippen molar-refractivity contribution in [3.05, 3.63) is 58.6 Å². The van der Waals surface area contributed by atoms with Crippen LogP contribution in [0.25, 0.3) is 0 Å². The van der Waals surface area contributed by atoms with Crippen LogP contribution in [0.2, 0.25) is 0 Å². The summed E-state index contributed by atoms with van der Waals surface area (Å²) in [6.07, 6.45) is 6.83. The van der Waals surface area contributed by atoms with Gasteiger partial charge in [-0.1, -0.05) is 6.07 Å². The molecular weight excluding hydrogens is 332 g/mol. The maximum Gasteiger partial charge on any atom is 0.255 e. The van der Waals surface area contributed by atoms with Crippen LogP contribution in [0.1, 0.15) is 22.3 Å². The highest BCUT2D eigenvalue weighted by atomic mass is 79.9. The van der Waals surface area contributed by atoms with Crippen molar-refractivity contribution in [1.29, 1.82) is 5.26 Å². The minimum Gasteiger partial charge on any atom is -0.333 e. The Balaban J connectivity index is 2.19. The third kappa shape index (κ3) is 4.36. The van der Waals surface area contributed by atoms with Gasteiger partial charge in [0.25, 0.3) is 5.91 Å². The second-order valence-corrected chi connectivity index (χ2v) is 5.30. The van der Waals surface area contributed by atoms with Crippen molar-refractivity contribution in [2.24, 2.45) is 0 Å². The zero-order valence-corrected chi connectivity index (χ0v) is 12.8. The smallest absolute Gasteiger partial charge is 0.255 e. The van der Waals surface area contributed by atoms with Gasteiger partial charge >= 0.3 is 0 Å². The number of halogens is 1. The van der Waals surface area contributed by atoms with E-state index in [1.54, 1.807) is 29.6 Å². The summed E-state index contributed by atoms with van der Waals surface area (Å²) in [7, 11) is 0. The van der Waals surface area contributed by atoms with Gasteiger partial charge in [0.1, 0.15) is 0 Å². The molecule has 21 heavy (non-hydrogen) atoms. The van der Waals surface area contributed by atoms with Crippen molar-refractivity contribution in [3.63, 3.8) is 0 Å². The summed E-state index contributed by atoms with van der Waals surface area (Å²) in [6.45, 7) is 0.789. The molecule has 1 amide bonds. The third-order valence-corrected chi connectivity index (χ3v) is 3.26. The normalized spacial score (nSPS) is 9.90. The van der Waals surface area contributed by atoms with Crippen LogP contribution in [-0.2, 0) is 6.54 Å². The van der Waals surface area contributed by atoms with E-state index in [1.165, 1.54) is 6.20 Å². The summed E-state index contributed by atoms with van der Waals surface area (Å²) in [6, 6.07) is 7.51. The van der Waals surface area contributed by atoms with Gasteiger partial charge in [0, 0.05) is 42.3 Å². The number of amides is 1. The lowest BCUT2D eigenvalue weighted by molar-refractivity contribution is 0.0746. The van der Waals surface area contributed by atoms with Crippen LogP contribution in [0.5, 0.6) is 0 Å². The molecule has 0 aliphatic rings. The van der Waals surface area contributed by atoms with Gasteiger partial charge < -0.3 is 4.90 Å². The molecule has 0 N–H and O–H groups in total. The van der Waals surface area contributed by atoms with Crippen LogP contribution in [0.4, 0.5) is 0 Å². The quantitative estimate of drug-likeness (QED) is 0.836. The van der Waals surface area contributed by atoms with Gasteiger partial charge in [-0.25, -0.2) is 0 Å². The minimum atomic E-state index is -0.150. The highest BCUT2D eigenvalue weighted by Gasteiger charge is 2.16. The lowest BCUT2D eigenvalue weighted by Crippen LogP contribution is -2.31. The number of aromatic nitrogens is 2. The number of nitriles is 1. The number of carbonyl (C=O) groups is 1. The molecule has 0 saturated carbocycles. The zero-order valence-electron chi connectivity index (χ0n) is 11.2. The largest absolute Gasteiger partial charge is 0.333 e. The number of rotatable bonds is 5. The van der Waals surface area contributed by atoms with Crippen molar-refractivity contribution >= 4 is 21.8 Å². The Morgan fingerprint density at radius 3 is 2.86 bits per heavy atom. The predicted octanol–water partition coefficient (Wildman–Crippen LogP) is 2.80. The van der Waals surface area contributed by atoms with E-state index < -0.39 is 0 Å². The molecule has 0 unspecified atom stereocenters. The Bertz CT molecular complexity index is 654. The van der Waals surface area contributed by atoms with Crippen molar-refractivity contribution in [1.82, 2.24) is 14.9 Å². The number of carbonyl (C=O) groups excluding carboxylic acids is 1. The molecule has 0 fully saturated rings. The Morgan fingerprint density at radius 2 is 2.19 bits per heavy atom. The van der Waals surface area contributed by atoms with E-state index in [9.17, 15) is 4.79 Å². The fraction of sp³-hybridized carbons (Fsp3) is 0.200. The number of nitrogens with zero attached hydrogens (tertiary/aromatic N) is 4. The topological polar surface area (TPSA) is 69.9 Å². The molecule has 0 bridgehead atoms. The van der Waals surface area contributed by atoms with Crippen LogP contribution in [0.3, 0.4) is 0 Å². The molecule has 0 aromatic carbocycles. The molecule has 2 heterocycles. The first-order valence-electron chi connectivity index (χ1n) is 6.36. The standard InChI is InChI=1S/C15H13BrN4O/c16-14-7-13(9-19-10-14)15(21)20(6-2-4-17)11-12-3-1-5-18-8-12/h1,3,5,7-10H,2,6,11H2. The van der Waals surface area contributed by atoms with E-state index in [0.29, 0.717) is 18.7 Å². The summed E-state index contributed by atoms with van der Waals surface area (Å²) in [5.41, 5.74) is 1.41. The second kappa shape index (κ2) is 7.50. The van der Waals surface area contributed by atoms with Crippen LogP contribution in [0.15, 0.2) is 47.5 Å². The molecule has 2 aromatic rings. The summed E-state index contributed by atoms with van der Waals surface area (Å²) in [4.78, 5) is 22.2. The van der Waals surface area contributed by atoms with E-state index in [1.807, 2.05) is 12.1 Å². The fourth-order valence-electron chi connectivity index (χ4n) is 1.86. The predicted molar refractivity (Wildman–Crippen MR) is 81.1 cm³/mol. The first-order valence-corrected chi connectivity index (χ1v) is 7.15. The van der Waals surface area contributed by atoms with Crippen molar-refractivity contribution < 1.29 is 4.79 Å². The van der Waals surface area contributed by atoms with Gasteiger partial charge in [-0.05, 0) is 33.6 Å². The molecule has 2 rings (SSSR count). The van der Waals surface area contributed by atoms with Gasteiger partial charge in [-0.15, -0.1) is 0 Å². The first kappa shape index (κ1) is 15.1. The lowest BCUT2D eigenvalue weighted by Gasteiger charge is -2.21. The molecule has 0 saturated heterocycles. The molecule has 0 radical (unpaired) electrons. The highest BCUT2D eigenvalue weighted by molar-refractivity contribution is 9.10. The van der Waals surface area contributed by atoms with Crippen LogP contribution >= 0.6 is 15.9 Å². The van der Waals surface area contributed by atoms with Gasteiger partial charge in [0.15, 0.2) is 0 Å². The van der Waals surface area contributed by atoms with Crippen LogP contribution in [-0.4, -0.2) is 27.3 Å². The van der Waals surface area contributed by atoms with Crippen LogP contribution in [0, 0.1) is 11.3 Å². The maximum absolute atomic E-state index is 12.5. The molecule has 6 heteroatoms. The minimum absolute atomic E-state index is 0.150. The van der Waals surface area contributed by atoms with Gasteiger partial charge in [0.2, 0.25) is 0 Å².